The van der Waals surface area contributed by atoms with Crippen molar-refractivity contribution in [3.8, 4) is 11.5 Å². The highest BCUT2D eigenvalue weighted by Crippen LogP contribution is 2.33. The molecule has 0 atom stereocenters. The molecule has 4 nitrogen and oxygen atoms in total. The molecule has 1 fully saturated rings. The first-order valence-corrected chi connectivity index (χ1v) is 9.21. The number of methoxy groups -OCH3 is 1. The summed E-state index contributed by atoms with van der Waals surface area (Å²) < 4.78 is 5.32. The van der Waals surface area contributed by atoms with E-state index in [1.165, 1.54) is 0 Å². The lowest BCUT2D eigenvalue weighted by Crippen LogP contribution is -2.46. The van der Waals surface area contributed by atoms with Crippen LogP contribution in [0.25, 0.3) is 0 Å². The number of benzene rings is 2. The SMILES string of the molecule is C=CCc1cc(CN2CCN(c3ccccc3Cl)CC2)c(O)c(OC)c1. The molecule has 0 radical (unpaired) electrons. The molecule has 0 saturated carbocycles. The fourth-order valence-electron chi connectivity index (χ4n) is 3.39. The number of phenols is 1. The Bertz CT molecular complexity index is 771. The minimum absolute atomic E-state index is 0.230. The molecule has 138 valence electrons. The van der Waals surface area contributed by atoms with E-state index in [0.717, 1.165) is 54.4 Å². The Morgan fingerprint density at radius 1 is 1.19 bits per heavy atom. The molecule has 1 heterocycles. The van der Waals surface area contributed by atoms with Gasteiger partial charge in [-0.25, -0.2) is 0 Å². The van der Waals surface area contributed by atoms with Crippen LogP contribution >= 0.6 is 11.6 Å². The third-order valence-corrected chi connectivity index (χ3v) is 5.09. The molecule has 2 aromatic rings. The zero-order valence-corrected chi connectivity index (χ0v) is 15.9. The van der Waals surface area contributed by atoms with Crippen LogP contribution in [0.1, 0.15) is 11.1 Å². The van der Waals surface area contributed by atoms with Gasteiger partial charge in [0, 0.05) is 38.3 Å². The summed E-state index contributed by atoms with van der Waals surface area (Å²) in [5, 5.41) is 11.3. The molecule has 1 N–H and O–H groups in total. The Labute approximate surface area is 160 Å². The first kappa shape index (κ1) is 18.6. The van der Waals surface area contributed by atoms with Gasteiger partial charge in [-0.05, 0) is 30.2 Å². The van der Waals surface area contributed by atoms with E-state index >= 15 is 0 Å². The van der Waals surface area contributed by atoms with Gasteiger partial charge in [0.25, 0.3) is 0 Å². The van der Waals surface area contributed by atoms with Crippen molar-refractivity contribution in [1.29, 1.82) is 0 Å². The number of rotatable bonds is 6. The third kappa shape index (κ3) is 4.14. The number of ether oxygens (including phenoxy) is 1. The highest BCUT2D eigenvalue weighted by molar-refractivity contribution is 6.33. The Kier molecular flexibility index (Phi) is 6.07. The van der Waals surface area contributed by atoms with E-state index in [0.29, 0.717) is 12.3 Å². The minimum atomic E-state index is 0.230. The standard InChI is InChI=1S/C21H25ClN2O2/c1-3-6-16-13-17(21(25)20(14-16)26-2)15-23-9-11-24(12-10-23)19-8-5-4-7-18(19)22/h3-5,7-8,13-14,25H,1,6,9-12,15H2,2H3. The fourth-order valence-corrected chi connectivity index (χ4v) is 3.64. The molecule has 0 aliphatic carbocycles. The number of para-hydroxylation sites is 1. The maximum atomic E-state index is 10.5. The molecule has 0 bridgehead atoms. The average molecular weight is 373 g/mol. The van der Waals surface area contributed by atoms with Crippen molar-refractivity contribution < 1.29 is 9.84 Å². The van der Waals surface area contributed by atoms with Crippen molar-refractivity contribution in [3.63, 3.8) is 0 Å². The lowest BCUT2D eigenvalue weighted by Gasteiger charge is -2.36. The number of hydrogen-bond donors (Lipinski definition) is 1. The monoisotopic (exact) mass is 372 g/mol. The van der Waals surface area contributed by atoms with Crippen LogP contribution in [0.2, 0.25) is 5.02 Å². The van der Waals surface area contributed by atoms with E-state index in [1.807, 2.05) is 36.4 Å². The lowest BCUT2D eigenvalue weighted by molar-refractivity contribution is 0.245. The van der Waals surface area contributed by atoms with Gasteiger partial charge >= 0.3 is 0 Å². The fraction of sp³-hybridized carbons (Fsp3) is 0.333. The maximum Gasteiger partial charge on any atom is 0.162 e. The largest absolute Gasteiger partial charge is 0.504 e. The van der Waals surface area contributed by atoms with Crippen LogP contribution in [-0.4, -0.2) is 43.3 Å². The Morgan fingerprint density at radius 3 is 2.58 bits per heavy atom. The summed E-state index contributed by atoms with van der Waals surface area (Å²) in [6, 6.07) is 11.9. The van der Waals surface area contributed by atoms with Crippen molar-refractivity contribution in [2.75, 3.05) is 38.2 Å². The Hall–Kier alpha value is -2.17. The summed E-state index contributed by atoms with van der Waals surface area (Å²) in [5.74, 6) is 0.753. The summed E-state index contributed by atoms with van der Waals surface area (Å²) in [6.07, 6.45) is 2.61. The second-order valence-electron chi connectivity index (χ2n) is 6.51. The first-order valence-electron chi connectivity index (χ1n) is 8.84. The van der Waals surface area contributed by atoms with Gasteiger partial charge in [0.1, 0.15) is 0 Å². The smallest absolute Gasteiger partial charge is 0.162 e. The molecule has 26 heavy (non-hydrogen) atoms. The van der Waals surface area contributed by atoms with Crippen LogP contribution in [0.15, 0.2) is 49.1 Å². The number of piperazine rings is 1. The van der Waals surface area contributed by atoms with Gasteiger partial charge in [-0.1, -0.05) is 35.9 Å². The predicted molar refractivity (Wildman–Crippen MR) is 108 cm³/mol. The summed E-state index contributed by atoms with van der Waals surface area (Å²) in [6.45, 7) is 8.14. The molecular formula is C21H25ClN2O2. The number of halogens is 1. The van der Waals surface area contributed by atoms with Crippen LogP contribution in [0.3, 0.4) is 0 Å². The maximum absolute atomic E-state index is 10.5. The van der Waals surface area contributed by atoms with Crippen LogP contribution < -0.4 is 9.64 Å². The molecule has 1 aliphatic rings. The lowest BCUT2D eigenvalue weighted by atomic mass is 10.0. The summed E-state index contributed by atoms with van der Waals surface area (Å²) in [5.41, 5.74) is 3.08. The number of nitrogens with zero attached hydrogens (tertiary/aromatic N) is 2. The van der Waals surface area contributed by atoms with Gasteiger partial charge in [0.05, 0.1) is 17.8 Å². The third-order valence-electron chi connectivity index (χ3n) is 4.77. The van der Waals surface area contributed by atoms with Crippen LogP contribution in [0.4, 0.5) is 5.69 Å². The van der Waals surface area contributed by atoms with Crippen molar-refractivity contribution in [3.05, 3.63) is 65.2 Å². The average Bonchev–Trinajstić information content (AvgIpc) is 2.65. The van der Waals surface area contributed by atoms with Crippen LogP contribution in [0, 0.1) is 0 Å². The number of aromatic hydroxyl groups is 1. The molecule has 0 unspecified atom stereocenters. The van der Waals surface area contributed by atoms with Crippen molar-refractivity contribution in [1.82, 2.24) is 4.90 Å². The minimum Gasteiger partial charge on any atom is -0.504 e. The Morgan fingerprint density at radius 2 is 1.92 bits per heavy atom. The van der Waals surface area contributed by atoms with Crippen molar-refractivity contribution in [2.24, 2.45) is 0 Å². The van der Waals surface area contributed by atoms with Gasteiger partial charge in [0.15, 0.2) is 11.5 Å². The molecule has 5 heteroatoms. The highest BCUT2D eigenvalue weighted by Gasteiger charge is 2.20. The van der Waals surface area contributed by atoms with Crippen molar-refractivity contribution in [2.45, 2.75) is 13.0 Å². The number of allylic oxidation sites excluding steroid dienone is 1. The summed E-state index contributed by atoms with van der Waals surface area (Å²) >= 11 is 6.31. The molecule has 0 spiro atoms. The van der Waals surface area contributed by atoms with E-state index in [1.54, 1.807) is 7.11 Å². The summed E-state index contributed by atoms with van der Waals surface area (Å²) in [7, 11) is 1.58. The van der Waals surface area contributed by atoms with Gasteiger partial charge in [0.2, 0.25) is 0 Å². The number of phenolic OH excluding ortho intramolecular Hbond substituents is 1. The molecule has 0 amide bonds. The van der Waals surface area contributed by atoms with Gasteiger partial charge in [-0.15, -0.1) is 6.58 Å². The zero-order valence-electron chi connectivity index (χ0n) is 15.1. The van der Waals surface area contributed by atoms with Crippen LogP contribution in [-0.2, 0) is 13.0 Å². The molecule has 2 aromatic carbocycles. The van der Waals surface area contributed by atoms with E-state index in [9.17, 15) is 5.11 Å². The van der Waals surface area contributed by atoms with Gasteiger partial charge in [-0.3, -0.25) is 4.90 Å². The van der Waals surface area contributed by atoms with Gasteiger partial charge < -0.3 is 14.7 Å². The molecule has 0 aromatic heterocycles. The predicted octanol–water partition coefficient (Wildman–Crippen LogP) is 4.10. The zero-order chi connectivity index (χ0) is 18.5. The Balaban J connectivity index is 1.68. The molecular weight excluding hydrogens is 348 g/mol. The second-order valence-corrected chi connectivity index (χ2v) is 6.92. The number of hydrogen-bond acceptors (Lipinski definition) is 4. The number of anilines is 1. The van der Waals surface area contributed by atoms with E-state index in [4.69, 9.17) is 16.3 Å². The van der Waals surface area contributed by atoms with Gasteiger partial charge in [-0.2, -0.15) is 0 Å². The van der Waals surface area contributed by atoms with E-state index in [2.05, 4.69) is 22.4 Å². The summed E-state index contributed by atoms with van der Waals surface area (Å²) in [4.78, 5) is 4.66. The van der Waals surface area contributed by atoms with E-state index < -0.39 is 0 Å². The second kappa shape index (κ2) is 8.47. The molecule has 3 rings (SSSR count). The quantitative estimate of drug-likeness (QED) is 0.774. The topological polar surface area (TPSA) is 35.9 Å². The normalized spacial score (nSPS) is 15.1. The van der Waals surface area contributed by atoms with Crippen LogP contribution in [0.5, 0.6) is 11.5 Å². The highest BCUT2D eigenvalue weighted by atomic mass is 35.5. The molecule has 1 aliphatic heterocycles. The molecule has 1 saturated heterocycles. The first-order chi connectivity index (χ1) is 12.6. The van der Waals surface area contributed by atoms with Crippen molar-refractivity contribution >= 4 is 17.3 Å². The van der Waals surface area contributed by atoms with E-state index in [-0.39, 0.29) is 5.75 Å².